The third-order valence-electron chi connectivity index (χ3n) is 25.2. The molecule has 6 aromatic heterocycles. The Kier molecular flexibility index (Phi) is 25.3. The Morgan fingerprint density at radius 2 is 0.798 bits per heavy atom. The van der Waals surface area contributed by atoms with Crippen molar-refractivity contribution in [1.29, 1.82) is 0 Å². The molecule has 25 heteroatoms. The SMILES string of the molecule is COc1ccc(C2c3[nH]c4ccc(C)cc4c3CCN2c2cnccn2)cc1.Cc1ccc2[nH]c3c(c2c1)CCN(C(=O)Oc1ccc(Cl)cc1)C3c1ccc(C(C)C)cc1.Cc1ccc2[nH]c3c(c2c1)CCN(c1ncccn1)C3c1ccc(C(C)C)cc1.O=C(Oc1ccc(Cl)cc1)N1CCc2c([nH]c3ccc(Cl)cc23)C1c1ccc(S(=O)(=O)N2CCOCC2)cc1. The second-order valence-electron chi connectivity index (χ2n) is 34.0. The number of sulfonamides is 1. The second-order valence-corrected chi connectivity index (χ2v) is 37.3. The minimum absolute atomic E-state index is 0.0547. The number of nitrogens with zero attached hydrogens (tertiary/aromatic N) is 9. The lowest BCUT2D eigenvalue weighted by Crippen LogP contribution is -2.42. The maximum absolute atomic E-state index is 13.5. The van der Waals surface area contributed by atoms with E-state index in [0.717, 1.165) is 94.4 Å². The van der Waals surface area contributed by atoms with Crippen molar-refractivity contribution in [2.75, 3.05) is 69.4 Å². The van der Waals surface area contributed by atoms with Crippen LogP contribution in [0.15, 0.2) is 260 Å². The molecule has 129 heavy (non-hydrogen) atoms. The van der Waals surface area contributed by atoms with Crippen molar-refractivity contribution in [1.82, 2.24) is 54.0 Å². The predicted molar refractivity (Wildman–Crippen MR) is 512 cm³/mol. The number of aromatic amines is 4. The number of hydrogen-bond donors (Lipinski definition) is 4. The number of fused-ring (bicyclic) bond motifs is 12. The van der Waals surface area contributed by atoms with Gasteiger partial charge in [0, 0.05) is 146 Å². The molecule has 11 heterocycles. The van der Waals surface area contributed by atoms with Crippen molar-refractivity contribution in [2.45, 2.75) is 115 Å². The zero-order valence-electron chi connectivity index (χ0n) is 73.0. The first kappa shape index (κ1) is 86.9. The predicted octanol–water partition coefficient (Wildman–Crippen LogP) is 23.0. The third-order valence-corrected chi connectivity index (χ3v) is 27.8. The van der Waals surface area contributed by atoms with Crippen LogP contribution in [0.2, 0.25) is 15.1 Å². The minimum Gasteiger partial charge on any atom is -0.497 e. The molecule has 4 unspecified atom stereocenters. The average molecular weight is 1800 g/mol. The second kappa shape index (κ2) is 37.5. The summed E-state index contributed by atoms with van der Waals surface area (Å²) in [5.74, 6) is 4.37. The molecule has 0 spiro atoms. The van der Waals surface area contributed by atoms with Crippen LogP contribution in [0.4, 0.5) is 21.4 Å². The maximum Gasteiger partial charge on any atom is 0.416 e. The van der Waals surface area contributed by atoms with Gasteiger partial charge < -0.3 is 48.7 Å². The largest absolute Gasteiger partial charge is 0.497 e. The van der Waals surface area contributed by atoms with Crippen molar-refractivity contribution >= 4 is 112 Å². The first-order valence-electron chi connectivity index (χ1n) is 43.8. The molecule has 5 aliphatic heterocycles. The Morgan fingerprint density at radius 3 is 1.23 bits per heavy atom. The number of carbonyl (C=O) groups excluding carboxylic acids is 2. The number of halogens is 3. The summed E-state index contributed by atoms with van der Waals surface area (Å²) >= 11 is 18.3. The number of morpholine rings is 1. The topological polar surface area (TPSA) is 236 Å². The molecular weight excluding hydrogens is 1700 g/mol. The lowest BCUT2D eigenvalue weighted by molar-refractivity contribution is 0.0730. The van der Waals surface area contributed by atoms with E-state index in [9.17, 15) is 18.0 Å². The van der Waals surface area contributed by atoms with E-state index in [0.29, 0.717) is 84.2 Å². The highest BCUT2D eigenvalue weighted by atomic mass is 35.5. The highest BCUT2D eigenvalue weighted by Gasteiger charge is 2.41. The Morgan fingerprint density at radius 1 is 0.419 bits per heavy atom. The van der Waals surface area contributed by atoms with Gasteiger partial charge in [0.1, 0.15) is 35.2 Å². The Balaban J connectivity index is 0.000000117. The number of H-pyrrole nitrogens is 4. The molecule has 656 valence electrons. The minimum atomic E-state index is -3.65. The van der Waals surface area contributed by atoms with Gasteiger partial charge in [0.05, 0.1) is 43.5 Å². The van der Waals surface area contributed by atoms with Gasteiger partial charge in [-0.1, -0.05) is 170 Å². The van der Waals surface area contributed by atoms with Gasteiger partial charge in [-0.2, -0.15) is 4.31 Å². The molecule has 1 saturated heterocycles. The smallest absolute Gasteiger partial charge is 0.416 e. The highest BCUT2D eigenvalue weighted by Crippen LogP contribution is 2.46. The van der Waals surface area contributed by atoms with Gasteiger partial charge in [0.15, 0.2) is 0 Å². The zero-order chi connectivity index (χ0) is 89.3. The zero-order valence-corrected chi connectivity index (χ0v) is 76.1. The molecule has 0 bridgehead atoms. The molecule has 0 aliphatic carbocycles. The number of carbonyl (C=O) groups is 2. The van der Waals surface area contributed by atoms with Crippen LogP contribution in [0.1, 0.15) is 159 Å². The van der Waals surface area contributed by atoms with Gasteiger partial charge in [0.25, 0.3) is 0 Å². The summed E-state index contributed by atoms with van der Waals surface area (Å²) < 4.78 is 49.9. The molecule has 1 fully saturated rings. The fourth-order valence-corrected chi connectivity index (χ4v) is 20.4. The molecule has 0 saturated carbocycles. The van der Waals surface area contributed by atoms with E-state index >= 15 is 0 Å². The van der Waals surface area contributed by atoms with Crippen LogP contribution in [0, 0.1) is 20.8 Å². The van der Waals surface area contributed by atoms with Crippen molar-refractivity contribution < 1.29 is 37.0 Å². The van der Waals surface area contributed by atoms with E-state index in [2.05, 4.69) is 213 Å². The number of aromatic nitrogens is 8. The molecule has 21 nitrogen and oxygen atoms in total. The standard InChI is InChI=1S/C28H25Cl2N3O5S.C28H27ClN2O2.C25H26N4.C23H22N4O/c29-19-3-6-21(7-4-19)38-28(34)33-12-11-23-24-17-20(30)5-10-25(24)31-26(23)27(33)18-1-8-22(9-2-18)39(35,36)32-13-15-37-16-14-32;1-17(2)19-5-7-20(8-6-19)27-26-23(24-16-18(3)4-13-25(24)30-26)14-15-31(27)28(32)33-22-11-9-21(29)10-12-22;1-16(2)18-6-8-19(9-7-18)24-23-20(21-15-17(3)5-10-22(21)28-23)11-14-29(24)25-26-12-4-13-27-25;1-15-3-8-20-19(13-15)18-9-12-27(21-14-24-10-11-25-21)23(22(18)26-20)16-4-6-17(28-2)7-5-16/h1-10,17,27,31H,11-16H2;4-13,16-17,27,30H,14-15H2,1-3H3;4-10,12-13,15-16,24,28H,11,14H2,1-3H3;3-8,10-11,13-14,23,26H,9,12H2,1-2H3. The van der Waals surface area contributed by atoms with Crippen LogP contribution >= 0.6 is 34.8 Å². The Bertz CT molecular complexity index is 6850. The van der Waals surface area contributed by atoms with Gasteiger partial charge in [-0.05, 0) is 247 Å². The third kappa shape index (κ3) is 18.1. The summed E-state index contributed by atoms with van der Waals surface area (Å²) in [5, 5.41) is 6.68. The Hall–Kier alpha value is -12.8. The molecule has 16 aromatic rings. The molecule has 4 atom stereocenters. The van der Waals surface area contributed by atoms with Gasteiger partial charge in [-0.3, -0.25) is 14.8 Å². The normalized spacial score (nSPS) is 16.7. The number of amides is 2. The summed E-state index contributed by atoms with van der Waals surface area (Å²) in [6.45, 7) is 19.4. The lowest BCUT2D eigenvalue weighted by atomic mass is 9.91. The number of benzene rings is 10. The molecule has 10 aromatic carbocycles. The van der Waals surface area contributed by atoms with Crippen LogP contribution in [0.3, 0.4) is 0 Å². The molecule has 0 radical (unpaired) electrons. The van der Waals surface area contributed by atoms with Crippen LogP contribution in [-0.4, -0.2) is 134 Å². The van der Waals surface area contributed by atoms with Crippen molar-refractivity contribution in [3.63, 3.8) is 0 Å². The summed E-state index contributed by atoms with van der Waals surface area (Å²) in [7, 11) is -1.96. The molecular formula is C104H100Cl3N13O8S. The van der Waals surface area contributed by atoms with Gasteiger partial charge in [-0.15, -0.1) is 0 Å². The number of aryl methyl sites for hydroxylation is 3. The van der Waals surface area contributed by atoms with Gasteiger partial charge >= 0.3 is 12.2 Å². The molecule has 21 rings (SSSR count). The van der Waals surface area contributed by atoms with Crippen LogP contribution < -0.4 is 24.0 Å². The fourth-order valence-electron chi connectivity index (χ4n) is 18.6. The summed E-state index contributed by atoms with van der Waals surface area (Å²) in [5.41, 5.74) is 24.7. The summed E-state index contributed by atoms with van der Waals surface area (Å²) in [6, 6.07) is 72.8. The number of anilines is 2. The van der Waals surface area contributed by atoms with Gasteiger partial charge in [0.2, 0.25) is 16.0 Å². The maximum atomic E-state index is 13.5. The van der Waals surface area contributed by atoms with Crippen molar-refractivity contribution in [3.8, 4) is 17.2 Å². The monoisotopic (exact) mass is 1800 g/mol. The Labute approximate surface area is 765 Å². The highest BCUT2D eigenvalue weighted by molar-refractivity contribution is 7.89. The summed E-state index contributed by atoms with van der Waals surface area (Å²) in [4.78, 5) is 67.7. The number of hydrogen-bond acceptors (Lipinski definition) is 14. The fraction of sp³-hybridized carbons (Fsp3) is 0.250. The quantitative estimate of drug-likeness (QED) is 0.0840. The number of nitrogens with one attached hydrogen (secondary N) is 4. The molecule has 2 amide bonds. The van der Waals surface area contributed by atoms with E-state index in [4.69, 9.17) is 53.8 Å². The first-order valence-corrected chi connectivity index (χ1v) is 46.3. The van der Waals surface area contributed by atoms with E-state index in [-0.39, 0.29) is 29.1 Å². The molecule has 5 aliphatic rings. The van der Waals surface area contributed by atoms with Crippen LogP contribution in [0.5, 0.6) is 17.2 Å². The van der Waals surface area contributed by atoms with E-state index in [1.54, 1.807) is 97.2 Å². The first-order chi connectivity index (χ1) is 62.6. The number of methoxy groups -OCH3 is 1. The van der Waals surface area contributed by atoms with Crippen molar-refractivity contribution in [2.24, 2.45) is 0 Å². The van der Waals surface area contributed by atoms with Gasteiger partial charge in [-0.25, -0.2) is 33.0 Å². The number of ether oxygens (including phenoxy) is 4. The average Bonchev–Trinajstić information content (AvgIpc) is 1.63. The number of rotatable bonds is 13. The van der Waals surface area contributed by atoms with Crippen LogP contribution in [-0.2, 0) is 40.4 Å². The molecule has 4 N–H and O–H groups in total. The summed E-state index contributed by atoms with van der Waals surface area (Å²) in [6.07, 6.45) is 11.4. The van der Waals surface area contributed by atoms with Crippen molar-refractivity contribution in [3.05, 3.63) is 366 Å². The lowest BCUT2D eigenvalue weighted by Gasteiger charge is -2.37. The van der Waals surface area contributed by atoms with Crippen LogP contribution in [0.25, 0.3) is 43.6 Å². The van der Waals surface area contributed by atoms with E-state index in [1.807, 2.05) is 59.9 Å². The van der Waals surface area contributed by atoms with E-state index in [1.165, 1.54) is 98.5 Å². The van der Waals surface area contributed by atoms with E-state index < -0.39 is 22.2 Å².